The highest BCUT2D eigenvalue weighted by Crippen LogP contribution is 2.49. The second-order valence-electron chi connectivity index (χ2n) is 16.1. The van der Waals surface area contributed by atoms with Crippen LogP contribution in [0, 0.1) is 0 Å². The number of ether oxygens (including phenoxy) is 2. The lowest BCUT2D eigenvalue weighted by molar-refractivity contribution is -0.137. The van der Waals surface area contributed by atoms with Gasteiger partial charge in [-0.1, -0.05) is 127 Å². The summed E-state index contributed by atoms with van der Waals surface area (Å²) in [6, 6.07) is 23.3. The van der Waals surface area contributed by atoms with Crippen LogP contribution in [0.2, 0.25) is 0 Å². The van der Waals surface area contributed by atoms with E-state index in [9.17, 15) is 13.2 Å². The average molecular weight is 836 g/mol. The zero-order valence-corrected chi connectivity index (χ0v) is 35.8. The molecule has 0 saturated heterocycles. The Labute approximate surface area is 355 Å². The summed E-state index contributed by atoms with van der Waals surface area (Å²) < 4.78 is 53.5. The van der Waals surface area contributed by atoms with Crippen LogP contribution in [0.3, 0.4) is 0 Å². The summed E-state index contributed by atoms with van der Waals surface area (Å²) in [6.45, 7) is 7.66. The summed E-state index contributed by atoms with van der Waals surface area (Å²) in [7, 11) is 3.12. The Balaban J connectivity index is 1.26. The van der Waals surface area contributed by atoms with E-state index in [2.05, 4.69) is 78.3 Å². The third-order valence-corrected chi connectivity index (χ3v) is 11.9. The molecule has 0 aliphatic carbocycles. The first-order chi connectivity index (χ1) is 28.9. The standard InChI is InChI=1S/C49H53ClF3N5O2/c1-6-7-8-9-10-11-12-13-14-17-28-57-42-30-35-19-16-15-18-34(35)29-41(42)48(2,3)44(57)27-24-37(50)31-40-45(33-20-22-36(23-21-33)49(51,52)53)56-58-46(54-55-47(40)58)39-32-38(59-4)25-26-43(39)60-5/h15-16,18-27,29-32H,6-14,17,28H2,1-5H3/b37-24-,40-31-,44-27+. The number of hydrogen-bond acceptors (Lipinski definition) is 6. The molecule has 0 saturated carbocycles. The summed E-state index contributed by atoms with van der Waals surface area (Å²) in [6.07, 6.45) is 13.9. The fourth-order valence-corrected chi connectivity index (χ4v) is 8.49. The van der Waals surface area contributed by atoms with E-state index in [0.29, 0.717) is 50.0 Å². The molecule has 0 radical (unpaired) electrons. The van der Waals surface area contributed by atoms with Crippen molar-refractivity contribution < 1.29 is 22.6 Å². The Morgan fingerprint density at radius 1 is 0.800 bits per heavy atom. The highest BCUT2D eigenvalue weighted by atomic mass is 35.5. The third kappa shape index (κ3) is 9.04. The lowest BCUT2D eigenvalue weighted by Gasteiger charge is -2.27. The second kappa shape index (κ2) is 18.5. The molecule has 7 nitrogen and oxygen atoms in total. The molecule has 6 aromatic rings. The van der Waals surface area contributed by atoms with Crippen molar-refractivity contribution in [3.05, 3.63) is 118 Å². The maximum atomic E-state index is 13.6. The fourth-order valence-electron chi connectivity index (χ4n) is 8.32. The number of fused-ring (bicyclic) bond motifs is 3. The monoisotopic (exact) mass is 835 g/mol. The van der Waals surface area contributed by atoms with Gasteiger partial charge >= 0.3 is 6.18 Å². The van der Waals surface area contributed by atoms with E-state index in [1.165, 1.54) is 91.9 Å². The number of nitrogens with zero attached hydrogens (tertiary/aromatic N) is 5. The molecule has 3 heterocycles. The van der Waals surface area contributed by atoms with Crippen molar-refractivity contribution in [3.63, 3.8) is 0 Å². The Hall–Kier alpha value is -5.35. The highest BCUT2D eigenvalue weighted by molar-refractivity contribution is 6.34. The zero-order chi connectivity index (χ0) is 42.4. The number of anilines is 1. The summed E-state index contributed by atoms with van der Waals surface area (Å²) in [5.41, 5.74) is 4.38. The topological polar surface area (TPSA) is 64.8 Å². The normalized spacial score (nSPS) is 15.2. The fraction of sp³-hybridized carbons (Fsp3) is 0.367. The van der Waals surface area contributed by atoms with Gasteiger partial charge in [-0.25, -0.2) is 0 Å². The lowest BCUT2D eigenvalue weighted by Crippen LogP contribution is -2.27. The van der Waals surface area contributed by atoms with Crippen LogP contribution >= 0.6 is 11.6 Å². The van der Waals surface area contributed by atoms with E-state index in [1.807, 2.05) is 6.08 Å². The van der Waals surface area contributed by atoms with Crippen molar-refractivity contribution >= 4 is 39.8 Å². The number of benzene rings is 4. The predicted molar refractivity (Wildman–Crippen MR) is 238 cm³/mol. The van der Waals surface area contributed by atoms with Crippen LogP contribution in [0.1, 0.15) is 96.1 Å². The van der Waals surface area contributed by atoms with E-state index < -0.39 is 11.7 Å². The van der Waals surface area contributed by atoms with Crippen LogP contribution in [0.25, 0.3) is 45.1 Å². The van der Waals surface area contributed by atoms with Gasteiger partial charge < -0.3 is 14.4 Å². The summed E-state index contributed by atoms with van der Waals surface area (Å²) in [5, 5.41) is 17.2. The number of rotatable bonds is 17. The lowest BCUT2D eigenvalue weighted by atomic mass is 9.83. The predicted octanol–water partition coefficient (Wildman–Crippen LogP) is 12.9. The van der Waals surface area contributed by atoms with Crippen LogP contribution < -0.4 is 19.6 Å². The van der Waals surface area contributed by atoms with Crippen LogP contribution in [0.4, 0.5) is 18.9 Å². The van der Waals surface area contributed by atoms with Gasteiger partial charge in [0, 0.05) is 33.9 Å². The van der Waals surface area contributed by atoms with Crippen molar-refractivity contribution in [2.24, 2.45) is 0 Å². The van der Waals surface area contributed by atoms with Gasteiger partial charge in [0.2, 0.25) is 0 Å². The summed E-state index contributed by atoms with van der Waals surface area (Å²) >= 11 is 7.13. The highest BCUT2D eigenvalue weighted by Gasteiger charge is 2.40. The van der Waals surface area contributed by atoms with Crippen molar-refractivity contribution in [2.75, 3.05) is 25.7 Å². The van der Waals surface area contributed by atoms with E-state index in [-0.39, 0.29) is 5.41 Å². The summed E-state index contributed by atoms with van der Waals surface area (Å²) in [5.74, 6) is 1.47. The van der Waals surface area contributed by atoms with E-state index in [1.54, 1.807) is 43.0 Å². The molecule has 1 aliphatic heterocycles. The minimum atomic E-state index is -4.48. The number of hydrogen-bond donors (Lipinski definition) is 0. The van der Waals surface area contributed by atoms with Gasteiger partial charge in [-0.3, -0.25) is 0 Å². The van der Waals surface area contributed by atoms with Crippen LogP contribution in [0.5, 0.6) is 11.5 Å². The number of methoxy groups -OCH3 is 2. The van der Waals surface area contributed by atoms with Crippen LogP contribution in [-0.2, 0) is 11.6 Å². The molecule has 0 spiro atoms. The van der Waals surface area contributed by atoms with Gasteiger partial charge in [0.05, 0.1) is 30.6 Å². The quantitative estimate of drug-likeness (QED) is 0.0853. The SMILES string of the molecule is CCCCCCCCCCCCN1/C(=C/C=C(Cl)/C=c2/c(-c3ccc(C(F)(F)F)cc3)nn3c(-c4cc(OC)ccc4OC)nnc23)C(C)(C)c2cc3ccccc3cc21. The molecule has 4 aromatic carbocycles. The van der Waals surface area contributed by atoms with E-state index in [4.69, 9.17) is 26.2 Å². The third-order valence-electron chi connectivity index (χ3n) is 11.6. The molecule has 314 valence electrons. The zero-order valence-electron chi connectivity index (χ0n) is 35.1. The molecular formula is C49H53ClF3N5O2. The van der Waals surface area contributed by atoms with E-state index in [0.717, 1.165) is 30.8 Å². The second-order valence-corrected chi connectivity index (χ2v) is 16.5. The Morgan fingerprint density at radius 3 is 2.12 bits per heavy atom. The molecule has 0 bridgehead atoms. The van der Waals surface area contributed by atoms with Gasteiger partial charge in [0.1, 0.15) is 17.2 Å². The number of allylic oxidation sites excluding steroid dienone is 4. The molecular weight excluding hydrogens is 783 g/mol. The molecule has 60 heavy (non-hydrogen) atoms. The first-order valence-corrected chi connectivity index (χ1v) is 21.4. The van der Waals surface area contributed by atoms with Gasteiger partial charge in [-0.05, 0) is 83.4 Å². The molecule has 1 aliphatic rings. The molecule has 0 unspecified atom stereocenters. The number of alkyl halides is 3. The maximum Gasteiger partial charge on any atom is 0.416 e. The van der Waals surface area contributed by atoms with Gasteiger partial charge in [-0.2, -0.15) is 22.8 Å². The largest absolute Gasteiger partial charge is 0.497 e. The molecule has 0 atom stereocenters. The molecule has 11 heteroatoms. The molecule has 0 N–H and O–H groups in total. The van der Waals surface area contributed by atoms with E-state index >= 15 is 0 Å². The molecule has 7 rings (SSSR count). The smallest absolute Gasteiger partial charge is 0.416 e. The first-order valence-electron chi connectivity index (χ1n) is 21.0. The van der Waals surface area contributed by atoms with Crippen molar-refractivity contribution in [3.8, 4) is 34.1 Å². The van der Waals surface area contributed by atoms with Gasteiger partial charge in [-0.15, -0.1) is 10.2 Å². The summed E-state index contributed by atoms with van der Waals surface area (Å²) in [4.78, 5) is 2.45. The van der Waals surface area contributed by atoms with Gasteiger partial charge in [0.15, 0.2) is 11.5 Å². The van der Waals surface area contributed by atoms with Crippen LogP contribution in [-0.4, -0.2) is 40.6 Å². The first kappa shape index (κ1) is 42.8. The Bertz CT molecular complexity index is 2560. The van der Waals surface area contributed by atoms with Gasteiger partial charge in [0.25, 0.3) is 0 Å². The number of unbranched alkanes of at least 4 members (excludes halogenated alkanes) is 9. The molecule has 0 fully saturated rings. The van der Waals surface area contributed by atoms with Crippen molar-refractivity contribution in [1.29, 1.82) is 0 Å². The number of halogens is 4. The van der Waals surface area contributed by atoms with Crippen molar-refractivity contribution in [1.82, 2.24) is 19.8 Å². The Kier molecular flexibility index (Phi) is 13.2. The van der Waals surface area contributed by atoms with Crippen LogP contribution in [0.15, 0.2) is 102 Å². The maximum absolute atomic E-state index is 13.6. The molecule has 0 amide bonds. The minimum Gasteiger partial charge on any atom is -0.497 e. The van der Waals surface area contributed by atoms with Crippen molar-refractivity contribution in [2.45, 2.75) is 96.6 Å². The minimum absolute atomic E-state index is 0.316. The molecule has 2 aromatic heterocycles. The average Bonchev–Trinajstić information content (AvgIpc) is 3.88. The Morgan fingerprint density at radius 2 is 1.47 bits per heavy atom. The number of aromatic nitrogens is 4.